The first-order valence-corrected chi connectivity index (χ1v) is 11.9. The largest absolute Gasteiger partial charge is 0.495 e. The first-order chi connectivity index (χ1) is 14.9. The minimum atomic E-state index is -3.73. The Morgan fingerprint density at radius 2 is 1.87 bits per heavy atom. The molecular formula is C24H29N3O3S. The summed E-state index contributed by atoms with van der Waals surface area (Å²) in [5.41, 5.74) is 4.62. The van der Waals surface area contributed by atoms with Crippen LogP contribution in [-0.2, 0) is 30.0 Å². The molecule has 4 rings (SSSR count). The van der Waals surface area contributed by atoms with Crippen molar-refractivity contribution in [3.8, 4) is 5.75 Å². The molecule has 1 aliphatic heterocycles. The molecule has 0 radical (unpaired) electrons. The van der Waals surface area contributed by atoms with Gasteiger partial charge in [-0.2, -0.15) is 0 Å². The van der Waals surface area contributed by atoms with Gasteiger partial charge in [-0.05, 0) is 54.3 Å². The van der Waals surface area contributed by atoms with E-state index < -0.39 is 10.0 Å². The summed E-state index contributed by atoms with van der Waals surface area (Å²) in [7, 11) is -0.249. The second-order valence-corrected chi connectivity index (χ2v) is 9.79. The smallest absolute Gasteiger partial charge is 0.244 e. The van der Waals surface area contributed by atoms with E-state index in [0.717, 1.165) is 30.8 Å². The average Bonchev–Trinajstić information content (AvgIpc) is 3.19. The zero-order valence-corrected chi connectivity index (χ0v) is 19.0. The average molecular weight is 440 g/mol. The Bertz CT molecular complexity index is 1170. The Hall–Kier alpha value is -2.61. The number of methoxy groups -OCH3 is 1. The molecule has 0 aliphatic carbocycles. The van der Waals surface area contributed by atoms with E-state index in [-0.39, 0.29) is 17.5 Å². The Kier molecular flexibility index (Phi) is 6.18. The van der Waals surface area contributed by atoms with E-state index in [2.05, 4.69) is 44.5 Å². The molecule has 1 aliphatic rings. The molecule has 1 aromatic heterocycles. The van der Waals surface area contributed by atoms with Crippen molar-refractivity contribution < 1.29 is 13.2 Å². The van der Waals surface area contributed by atoms with Gasteiger partial charge in [-0.25, -0.2) is 13.1 Å². The van der Waals surface area contributed by atoms with Gasteiger partial charge in [0, 0.05) is 38.6 Å². The van der Waals surface area contributed by atoms with Crippen LogP contribution in [0.3, 0.4) is 0 Å². The van der Waals surface area contributed by atoms with Gasteiger partial charge in [0.15, 0.2) is 0 Å². The molecule has 0 amide bonds. The highest BCUT2D eigenvalue weighted by Gasteiger charge is 2.29. The van der Waals surface area contributed by atoms with E-state index in [9.17, 15) is 8.42 Å². The Labute approximate surface area is 184 Å². The quantitative estimate of drug-likeness (QED) is 0.613. The SMILES string of the molecule is COc1ccc(C)cc1S(=O)(=O)NC[C@@H](c1cccn1C)N1CCc2ccccc2C1. The number of aromatic nitrogens is 1. The van der Waals surface area contributed by atoms with Crippen LogP contribution in [0, 0.1) is 6.92 Å². The summed E-state index contributed by atoms with van der Waals surface area (Å²) in [5.74, 6) is 0.348. The van der Waals surface area contributed by atoms with Crippen molar-refractivity contribution in [2.24, 2.45) is 7.05 Å². The van der Waals surface area contributed by atoms with Crippen LogP contribution >= 0.6 is 0 Å². The molecule has 6 nitrogen and oxygen atoms in total. The molecule has 1 atom stereocenters. The molecule has 0 unspecified atom stereocenters. The second-order valence-electron chi connectivity index (χ2n) is 8.06. The third kappa shape index (κ3) is 4.54. The monoisotopic (exact) mass is 439 g/mol. The van der Waals surface area contributed by atoms with Gasteiger partial charge < -0.3 is 9.30 Å². The first kappa shape index (κ1) is 21.6. The summed E-state index contributed by atoms with van der Waals surface area (Å²) in [6.07, 6.45) is 2.95. The van der Waals surface area contributed by atoms with E-state index >= 15 is 0 Å². The van der Waals surface area contributed by atoms with Crippen LogP contribution in [0.4, 0.5) is 0 Å². The third-order valence-electron chi connectivity index (χ3n) is 6.00. The molecular weight excluding hydrogens is 410 g/mol. The standard InChI is InChI=1S/C24H29N3O3S/c1-18-10-11-23(30-3)24(15-18)31(28,29)25-16-22(21-9-6-13-26(21)2)27-14-12-19-7-4-5-8-20(19)17-27/h4-11,13,15,22,25H,12,14,16-17H2,1-3H3/t22-/m0/s1. The molecule has 3 aromatic rings. The van der Waals surface area contributed by atoms with Crippen LogP contribution in [0.15, 0.2) is 65.7 Å². The zero-order chi connectivity index (χ0) is 22.0. The van der Waals surface area contributed by atoms with Gasteiger partial charge in [-0.3, -0.25) is 4.90 Å². The number of ether oxygens (including phenoxy) is 1. The summed E-state index contributed by atoms with van der Waals surface area (Å²) in [4.78, 5) is 2.53. The van der Waals surface area contributed by atoms with Gasteiger partial charge in [0.2, 0.25) is 10.0 Å². The van der Waals surface area contributed by atoms with Crippen molar-refractivity contribution in [2.75, 3.05) is 20.2 Å². The van der Waals surface area contributed by atoms with Gasteiger partial charge in [0.25, 0.3) is 0 Å². The molecule has 164 valence electrons. The zero-order valence-electron chi connectivity index (χ0n) is 18.2. The third-order valence-corrected chi connectivity index (χ3v) is 7.45. The van der Waals surface area contributed by atoms with Crippen LogP contribution in [0.5, 0.6) is 5.75 Å². The Morgan fingerprint density at radius 3 is 2.58 bits per heavy atom. The molecule has 31 heavy (non-hydrogen) atoms. The minimum absolute atomic E-state index is 0.0843. The van der Waals surface area contributed by atoms with E-state index in [4.69, 9.17) is 4.74 Å². The summed E-state index contributed by atoms with van der Waals surface area (Å²) in [6, 6.07) is 17.6. The van der Waals surface area contributed by atoms with E-state index in [0.29, 0.717) is 5.75 Å². The van der Waals surface area contributed by atoms with E-state index in [1.165, 1.54) is 18.2 Å². The Balaban J connectivity index is 1.61. The van der Waals surface area contributed by atoms with E-state index in [1.807, 2.05) is 32.3 Å². The molecule has 2 aromatic carbocycles. The van der Waals surface area contributed by atoms with Crippen LogP contribution in [-0.4, -0.2) is 38.1 Å². The normalized spacial score (nSPS) is 15.5. The summed E-state index contributed by atoms with van der Waals surface area (Å²) in [5, 5.41) is 0. The number of nitrogens with one attached hydrogen (secondary N) is 1. The summed E-state index contributed by atoms with van der Waals surface area (Å²) < 4.78 is 36.6. The second kappa shape index (κ2) is 8.86. The van der Waals surface area contributed by atoms with Gasteiger partial charge in [0.1, 0.15) is 10.6 Å². The van der Waals surface area contributed by atoms with Crippen molar-refractivity contribution >= 4 is 10.0 Å². The number of benzene rings is 2. The highest BCUT2D eigenvalue weighted by molar-refractivity contribution is 7.89. The summed E-state index contributed by atoms with van der Waals surface area (Å²) in [6.45, 7) is 3.82. The van der Waals surface area contributed by atoms with Gasteiger partial charge in [-0.15, -0.1) is 0 Å². The molecule has 0 saturated heterocycles. The van der Waals surface area contributed by atoms with Gasteiger partial charge in [0.05, 0.1) is 13.2 Å². The van der Waals surface area contributed by atoms with Crippen LogP contribution in [0.25, 0.3) is 0 Å². The number of rotatable bonds is 7. The highest BCUT2D eigenvalue weighted by atomic mass is 32.2. The number of aryl methyl sites for hydroxylation is 2. The van der Waals surface area contributed by atoms with Gasteiger partial charge >= 0.3 is 0 Å². The molecule has 0 fully saturated rings. The lowest BCUT2D eigenvalue weighted by Gasteiger charge is -2.36. The highest BCUT2D eigenvalue weighted by Crippen LogP contribution is 2.29. The first-order valence-electron chi connectivity index (χ1n) is 10.5. The van der Waals surface area contributed by atoms with Crippen LogP contribution < -0.4 is 9.46 Å². The maximum atomic E-state index is 13.2. The summed E-state index contributed by atoms with van der Waals surface area (Å²) >= 11 is 0. The molecule has 7 heteroatoms. The van der Waals surface area contributed by atoms with Crippen molar-refractivity contribution in [1.82, 2.24) is 14.2 Å². The number of sulfonamides is 1. The van der Waals surface area contributed by atoms with Crippen molar-refractivity contribution in [3.63, 3.8) is 0 Å². The predicted octanol–water partition coefficient (Wildman–Crippen LogP) is 3.42. The van der Waals surface area contributed by atoms with Crippen LogP contribution in [0.1, 0.15) is 28.4 Å². The Morgan fingerprint density at radius 1 is 1.10 bits per heavy atom. The maximum Gasteiger partial charge on any atom is 0.244 e. The maximum absolute atomic E-state index is 13.2. The van der Waals surface area contributed by atoms with Gasteiger partial charge in [-0.1, -0.05) is 30.3 Å². The lowest BCUT2D eigenvalue weighted by Crippen LogP contribution is -2.41. The lowest BCUT2D eigenvalue weighted by atomic mass is 9.98. The molecule has 2 heterocycles. The molecule has 1 N–H and O–H groups in total. The predicted molar refractivity (Wildman–Crippen MR) is 122 cm³/mol. The number of fused-ring (bicyclic) bond motifs is 1. The number of hydrogen-bond donors (Lipinski definition) is 1. The van der Waals surface area contributed by atoms with E-state index in [1.54, 1.807) is 12.1 Å². The van der Waals surface area contributed by atoms with Crippen molar-refractivity contribution in [3.05, 3.63) is 83.2 Å². The fraction of sp³-hybridized carbons (Fsp3) is 0.333. The minimum Gasteiger partial charge on any atom is -0.495 e. The van der Waals surface area contributed by atoms with Crippen LogP contribution in [0.2, 0.25) is 0 Å². The molecule has 0 saturated carbocycles. The fourth-order valence-corrected chi connectivity index (χ4v) is 5.58. The lowest BCUT2D eigenvalue weighted by molar-refractivity contribution is 0.174. The fourth-order valence-electron chi connectivity index (χ4n) is 4.29. The van der Waals surface area contributed by atoms with Crippen molar-refractivity contribution in [1.29, 1.82) is 0 Å². The molecule has 0 spiro atoms. The number of nitrogens with zero attached hydrogens (tertiary/aromatic N) is 2. The van der Waals surface area contributed by atoms with Crippen molar-refractivity contribution in [2.45, 2.75) is 30.8 Å². The molecule has 0 bridgehead atoms. The number of hydrogen-bond acceptors (Lipinski definition) is 4. The topological polar surface area (TPSA) is 63.6 Å².